The van der Waals surface area contributed by atoms with Crippen molar-refractivity contribution < 1.29 is 29.3 Å². The highest BCUT2D eigenvalue weighted by Crippen LogP contribution is 2.42. The van der Waals surface area contributed by atoms with Crippen molar-refractivity contribution in [2.75, 3.05) is 22.9 Å². The zero-order chi connectivity index (χ0) is 24.2. The molecule has 0 radical (unpaired) electrons. The summed E-state index contributed by atoms with van der Waals surface area (Å²) >= 11 is 0. The van der Waals surface area contributed by atoms with E-state index >= 15 is 0 Å². The minimum absolute atomic E-state index is 0.00462. The molecule has 0 amide bonds. The van der Waals surface area contributed by atoms with Crippen molar-refractivity contribution in [3.63, 3.8) is 0 Å². The van der Waals surface area contributed by atoms with Crippen LogP contribution in [0.1, 0.15) is 18.5 Å². The van der Waals surface area contributed by atoms with Crippen LogP contribution in [0.3, 0.4) is 0 Å². The van der Waals surface area contributed by atoms with Crippen LogP contribution < -0.4 is 27.2 Å². The molecule has 0 bridgehead atoms. The molecule has 0 fully saturated rings. The predicted molar refractivity (Wildman–Crippen MR) is 117 cm³/mol. The van der Waals surface area contributed by atoms with E-state index in [-0.39, 0.29) is 35.7 Å². The zero-order valence-corrected chi connectivity index (χ0v) is 18.1. The second kappa shape index (κ2) is 9.76. The van der Waals surface area contributed by atoms with Crippen molar-refractivity contribution in [3.8, 4) is 0 Å². The first-order chi connectivity index (χ1) is 15.5. The highest BCUT2D eigenvalue weighted by Gasteiger charge is 2.30. The van der Waals surface area contributed by atoms with Gasteiger partial charge in [0.05, 0.1) is 24.4 Å². The number of benzene rings is 1. The smallest absolute Gasteiger partial charge is 0.307 e. The Kier molecular flexibility index (Phi) is 7.04. The van der Waals surface area contributed by atoms with Gasteiger partial charge in [-0.25, -0.2) is 9.97 Å². The van der Waals surface area contributed by atoms with Gasteiger partial charge in [-0.2, -0.15) is 9.97 Å². The topological polar surface area (TPSA) is 230 Å². The van der Waals surface area contributed by atoms with Gasteiger partial charge in [0.15, 0.2) is 17.0 Å². The average molecular weight is 474 g/mol. The van der Waals surface area contributed by atoms with Crippen LogP contribution in [0.4, 0.5) is 17.5 Å². The molecule has 2 aromatic heterocycles. The van der Waals surface area contributed by atoms with Crippen molar-refractivity contribution in [2.24, 2.45) is 5.92 Å². The van der Waals surface area contributed by atoms with Gasteiger partial charge in [0.1, 0.15) is 0 Å². The van der Waals surface area contributed by atoms with Crippen molar-refractivity contribution in [1.82, 2.24) is 19.9 Å². The summed E-state index contributed by atoms with van der Waals surface area (Å²) < 4.78 is 12.7. The lowest BCUT2D eigenvalue weighted by Gasteiger charge is -2.18. The summed E-state index contributed by atoms with van der Waals surface area (Å²) in [5.41, 5.74) is 13.1. The lowest BCUT2D eigenvalue weighted by atomic mass is 10.1. The number of hydrogen-bond donors (Lipinski definition) is 5. The van der Waals surface area contributed by atoms with Crippen molar-refractivity contribution in [2.45, 2.75) is 19.4 Å². The molecule has 14 heteroatoms. The number of aromatic nitrogens is 4. The van der Waals surface area contributed by atoms with E-state index in [1.807, 2.05) is 0 Å². The third-order valence-corrected chi connectivity index (χ3v) is 6.80. The third-order valence-electron chi connectivity index (χ3n) is 4.76. The van der Waals surface area contributed by atoms with E-state index < -0.39 is 37.8 Å². The van der Waals surface area contributed by atoms with Crippen LogP contribution in [0.25, 0.3) is 11.2 Å². The van der Waals surface area contributed by atoms with Gasteiger partial charge in [-0.15, -0.1) is 0 Å². The van der Waals surface area contributed by atoms with Crippen LogP contribution in [-0.2, 0) is 20.7 Å². The molecule has 0 aliphatic carbocycles. The highest BCUT2D eigenvalue weighted by molar-refractivity contribution is 7.66. The van der Waals surface area contributed by atoms with Crippen LogP contribution >= 0.6 is 7.37 Å². The maximum atomic E-state index is 12.7. The molecular formula is C19H21N7O6P-. The summed E-state index contributed by atoms with van der Waals surface area (Å²) in [6, 6.07) is 5.92. The number of carbonyl (C=O) groups excluding carboxylic acids is 1. The van der Waals surface area contributed by atoms with E-state index in [1.54, 1.807) is 12.1 Å². The Balaban J connectivity index is 1.67. The summed E-state index contributed by atoms with van der Waals surface area (Å²) in [5, 5.41) is 23.0. The first kappa shape index (κ1) is 23.8. The Morgan fingerprint density at radius 3 is 2.48 bits per heavy atom. The summed E-state index contributed by atoms with van der Waals surface area (Å²) in [7, 11) is -4.03. The number of nitrogens with two attached hydrogens (primary N) is 2. The van der Waals surface area contributed by atoms with Gasteiger partial charge in [0, 0.05) is 23.1 Å². The molecule has 0 aliphatic heterocycles. The zero-order valence-electron chi connectivity index (χ0n) is 17.2. The van der Waals surface area contributed by atoms with Gasteiger partial charge in [-0.1, -0.05) is 0 Å². The molecule has 0 saturated heterocycles. The van der Waals surface area contributed by atoms with Crippen LogP contribution in [0.5, 0.6) is 0 Å². The minimum atomic E-state index is -4.03. The molecule has 7 N–H and O–H groups in total. The Labute approximate surface area is 187 Å². The number of fused-ring (bicyclic) bond motifs is 1. The number of aliphatic carboxylic acids is 2. The second-order valence-electron chi connectivity index (χ2n) is 7.23. The van der Waals surface area contributed by atoms with Gasteiger partial charge < -0.3 is 36.7 Å². The molecule has 13 nitrogen and oxygen atoms in total. The molecule has 0 saturated carbocycles. The fourth-order valence-electron chi connectivity index (χ4n) is 3.06. The predicted octanol–water partition coefficient (Wildman–Crippen LogP) is -0.677. The Morgan fingerprint density at radius 1 is 1.15 bits per heavy atom. The number of nitrogen functional groups attached to an aromatic ring is 2. The number of anilines is 3. The largest absolute Gasteiger partial charge is 0.550 e. The Morgan fingerprint density at radius 2 is 1.85 bits per heavy atom. The normalized spacial score (nSPS) is 13.8. The number of carboxylic acid groups (broad SMARTS) is 2. The standard InChI is InChI=1S/C19H22N7O6P/c20-16-15-17(26-19(21)25-16)23-8-12(24-15)7-22-11-2-4-13(5-3-11)33(31,32)9-10(18(29)30)1-6-14(27)28/h2-5,8,10,22H,1,6-7,9H2,(H,27,28)(H,29,30)(H,31,32)(H4,20,21,23,25,26)/p-1. The summed E-state index contributed by atoms with van der Waals surface area (Å²) in [4.78, 5) is 48.6. The molecule has 1 aromatic carbocycles. The monoisotopic (exact) mass is 474 g/mol. The quantitative estimate of drug-likeness (QED) is 0.230. The number of nitrogens with one attached hydrogen (secondary N) is 1. The van der Waals surface area contributed by atoms with E-state index in [1.165, 1.54) is 18.3 Å². The number of carbonyl (C=O) groups is 2. The maximum absolute atomic E-state index is 12.7. The summed E-state index contributed by atoms with van der Waals surface area (Å²) in [6.07, 6.45) is 0.110. The van der Waals surface area contributed by atoms with E-state index in [2.05, 4.69) is 25.3 Å². The first-order valence-electron chi connectivity index (χ1n) is 9.69. The number of nitrogens with zero attached hydrogens (tertiary/aromatic N) is 4. The number of carboxylic acids is 2. The average Bonchev–Trinajstić information content (AvgIpc) is 2.75. The molecule has 2 heterocycles. The molecule has 3 aromatic rings. The van der Waals surface area contributed by atoms with E-state index in [9.17, 15) is 29.3 Å². The summed E-state index contributed by atoms with van der Waals surface area (Å²) in [5.74, 6) is -3.94. The SMILES string of the molecule is Nc1nc(N)c2nc(CNc3ccc(P(=O)(O)CC(CCC(=O)[O-])C(=O)O)cc3)cnc2n1. The molecule has 174 valence electrons. The highest BCUT2D eigenvalue weighted by atomic mass is 31.2. The molecule has 0 spiro atoms. The van der Waals surface area contributed by atoms with E-state index in [0.717, 1.165) is 0 Å². The van der Waals surface area contributed by atoms with Gasteiger partial charge in [0.25, 0.3) is 0 Å². The van der Waals surface area contributed by atoms with Crippen LogP contribution in [0, 0.1) is 5.92 Å². The third kappa shape index (κ3) is 6.11. The van der Waals surface area contributed by atoms with Gasteiger partial charge in [-0.05, 0) is 37.1 Å². The van der Waals surface area contributed by atoms with Crippen molar-refractivity contribution in [1.29, 1.82) is 0 Å². The van der Waals surface area contributed by atoms with Crippen LogP contribution in [0.2, 0.25) is 0 Å². The maximum Gasteiger partial charge on any atom is 0.307 e. The number of rotatable bonds is 10. The Hall–Kier alpha value is -3.83. The molecule has 2 unspecified atom stereocenters. The summed E-state index contributed by atoms with van der Waals surface area (Å²) in [6.45, 7) is 0.257. The molecule has 3 rings (SSSR count). The van der Waals surface area contributed by atoms with Crippen LogP contribution in [-0.4, -0.2) is 48.0 Å². The fourth-order valence-corrected chi connectivity index (χ4v) is 4.82. The van der Waals surface area contributed by atoms with E-state index in [4.69, 9.17) is 11.5 Å². The van der Waals surface area contributed by atoms with Crippen molar-refractivity contribution >= 4 is 53.2 Å². The molecular weight excluding hydrogens is 453 g/mol. The molecule has 0 aliphatic rings. The fraction of sp³-hybridized carbons (Fsp3) is 0.263. The Bertz CT molecular complexity index is 1240. The second-order valence-corrected chi connectivity index (χ2v) is 9.52. The van der Waals surface area contributed by atoms with Gasteiger partial charge in [-0.3, -0.25) is 9.36 Å². The molecule has 2 atom stereocenters. The lowest BCUT2D eigenvalue weighted by Crippen LogP contribution is -2.26. The van der Waals surface area contributed by atoms with Crippen LogP contribution in [0.15, 0.2) is 30.5 Å². The number of hydrogen-bond acceptors (Lipinski definition) is 11. The van der Waals surface area contributed by atoms with Gasteiger partial charge in [0.2, 0.25) is 13.3 Å². The van der Waals surface area contributed by atoms with Gasteiger partial charge >= 0.3 is 5.97 Å². The van der Waals surface area contributed by atoms with E-state index in [0.29, 0.717) is 16.9 Å². The first-order valence-corrected chi connectivity index (χ1v) is 11.5. The van der Waals surface area contributed by atoms with Crippen molar-refractivity contribution in [3.05, 3.63) is 36.2 Å². The lowest BCUT2D eigenvalue weighted by molar-refractivity contribution is -0.305. The minimum Gasteiger partial charge on any atom is -0.550 e. The molecule has 33 heavy (non-hydrogen) atoms.